The molecule has 1 N–H and O–H groups in total. The summed E-state index contributed by atoms with van der Waals surface area (Å²) >= 11 is 5.90. The summed E-state index contributed by atoms with van der Waals surface area (Å²) < 4.78 is 5.26. The molecule has 0 radical (unpaired) electrons. The van der Waals surface area contributed by atoms with E-state index in [-0.39, 0.29) is 5.15 Å². The van der Waals surface area contributed by atoms with Gasteiger partial charge in [-0.3, -0.25) is 9.78 Å². The molecular formula is C18H14ClN3O3. The van der Waals surface area contributed by atoms with Crippen LogP contribution in [0.15, 0.2) is 54.9 Å². The van der Waals surface area contributed by atoms with Crippen LogP contribution in [-0.4, -0.2) is 27.9 Å². The Hall–Kier alpha value is -2.99. The number of anilines is 1. The Balaban J connectivity index is 1.74. The van der Waals surface area contributed by atoms with Gasteiger partial charge in [-0.05, 0) is 31.2 Å². The molecule has 2 aromatic heterocycles. The molecule has 1 amide bonds. The fourth-order valence-electron chi connectivity index (χ4n) is 2.26. The lowest BCUT2D eigenvalue weighted by molar-refractivity contribution is -0.123. The van der Waals surface area contributed by atoms with Crippen LogP contribution in [-0.2, 0) is 9.53 Å². The van der Waals surface area contributed by atoms with Crippen molar-refractivity contribution >= 4 is 40.1 Å². The summed E-state index contributed by atoms with van der Waals surface area (Å²) in [6.45, 7) is 1.48. The number of nitrogens with one attached hydrogen (secondary N) is 1. The van der Waals surface area contributed by atoms with E-state index in [2.05, 4.69) is 15.3 Å². The van der Waals surface area contributed by atoms with E-state index >= 15 is 0 Å². The second-order valence-corrected chi connectivity index (χ2v) is 5.62. The Bertz CT molecular complexity index is 940. The molecule has 0 unspecified atom stereocenters. The second kappa shape index (κ2) is 7.27. The number of carbonyl (C=O) groups is 2. The van der Waals surface area contributed by atoms with Gasteiger partial charge in [0.2, 0.25) is 0 Å². The molecule has 25 heavy (non-hydrogen) atoms. The highest BCUT2D eigenvalue weighted by Crippen LogP contribution is 2.19. The summed E-state index contributed by atoms with van der Waals surface area (Å²) in [7, 11) is 0. The fourth-order valence-corrected chi connectivity index (χ4v) is 2.43. The number of pyridine rings is 2. The predicted octanol–water partition coefficient (Wildman–Crippen LogP) is 3.47. The van der Waals surface area contributed by atoms with Crippen molar-refractivity contribution in [3.63, 3.8) is 0 Å². The molecule has 0 aliphatic carbocycles. The number of para-hydroxylation sites is 1. The van der Waals surface area contributed by atoms with E-state index in [1.165, 1.54) is 13.1 Å². The van der Waals surface area contributed by atoms with Crippen molar-refractivity contribution in [2.24, 2.45) is 0 Å². The SMILES string of the molecule is C[C@@H](OC(=O)c1cccc2cccnc12)C(=O)Nc1cccnc1Cl. The molecule has 1 atom stereocenters. The molecule has 0 fully saturated rings. The van der Waals surface area contributed by atoms with Crippen molar-refractivity contribution in [2.75, 3.05) is 5.32 Å². The third-order valence-electron chi connectivity index (χ3n) is 3.52. The summed E-state index contributed by atoms with van der Waals surface area (Å²) in [6.07, 6.45) is 2.09. The van der Waals surface area contributed by atoms with E-state index in [1.807, 2.05) is 12.1 Å². The Morgan fingerprint density at radius 2 is 1.80 bits per heavy atom. The van der Waals surface area contributed by atoms with Crippen molar-refractivity contribution in [3.05, 3.63) is 65.6 Å². The summed E-state index contributed by atoms with van der Waals surface area (Å²) in [5.41, 5.74) is 1.18. The number of ether oxygens (including phenoxy) is 1. The van der Waals surface area contributed by atoms with Gasteiger partial charge in [0.25, 0.3) is 5.91 Å². The van der Waals surface area contributed by atoms with Crippen LogP contribution in [0.1, 0.15) is 17.3 Å². The summed E-state index contributed by atoms with van der Waals surface area (Å²) in [4.78, 5) is 32.7. The van der Waals surface area contributed by atoms with Crippen molar-refractivity contribution in [1.29, 1.82) is 0 Å². The highest BCUT2D eigenvalue weighted by molar-refractivity contribution is 6.32. The Labute approximate surface area is 148 Å². The Morgan fingerprint density at radius 3 is 2.60 bits per heavy atom. The zero-order valence-electron chi connectivity index (χ0n) is 13.3. The van der Waals surface area contributed by atoms with E-state index in [0.717, 1.165) is 5.39 Å². The standard InChI is InChI=1S/C18H14ClN3O3/c1-11(17(23)22-14-8-4-10-21-16(14)19)25-18(24)13-7-2-5-12-6-3-9-20-15(12)13/h2-11H,1H3,(H,22,23)/t11-/m1/s1. The number of amides is 1. The molecule has 126 valence electrons. The molecule has 0 spiro atoms. The predicted molar refractivity (Wildman–Crippen MR) is 94.5 cm³/mol. The van der Waals surface area contributed by atoms with Crippen molar-refractivity contribution < 1.29 is 14.3 Å². The van der Waals surface area contributed by atoms with E-state index in [4.69, 9.17) is 16.3 Å². The quantitative estimate of drug-likeness (QED) is 0.572. The molecule has 0 aliphatic heterocycles. The van der Waals surface area contributed by atoms with Crippen LogP contribution in [0, 0.1) is 0 Å². The zero-order chi connectivity index (χ0) is 17.8. The zero-order valence-corrected chi connectivity index (χ0v) is 14.0. The van der Waals surface area contributed by atoms with Gasteiger partial charge in [-0.15, -0.1) is 0 Å². The third kappa shape index (κ3) is 3.75. The Kier molecular flexibility index (Phi) is 4.90. The van der Waals surface area contributed by atoms with Crippen LogP contribution in [0.4, 0.5) is 5.69 Å². The van der Waals surface area contributed by atoms with Gasteiger partial charge >= 0.3 is 5.97 Å². The highest BCUT2D eigenvalue weighted by atomic mass is 35.5. The van der Waals surface area contributed by atoms with Crippen LogP contribution >= 0.6 is 11.6 Å². The van der Waals surface area contributed by atoms with Gasteiger partial charge in [0, 0.05) is 17.8 Å². The van der Waals surface area contributed by atoms with Crippen molar-refractivity contribution in [2.45, 2.75) is 13.0 Å². The van der Waals surface area contributed by atoms with E-state index < -0.39 is 18.0 Å². The normalized spacial score (nSPS) is 11.8. The van der Waals surface area contributed by atoms with E-state index in [0.29, 0.717) is 16.8 Å². The molecule has 0 saturated carbocycles. The number of esters is 1. The molecule has 7 heteroatoms. The molecular weight excluding hydrogens is 342 g/mol. The van der Waals surface area contributed by atoms with Gasteiger partial charge in [-0.25, -0.2) is 9.78 Å². The van der Waals surface area contributed by atoms with Crippen LogP contribution in [0.25, 0.3) is 10.9 Å². The number of carbonyl (C=O) groups excluding carboxylic acids is 2. The van der Waals surface area contributed by atoms with Crippen LogP contribution < -0.4 is 5.32 Å². The minimum Gasteiger partial charge on any atom is -0.449 e. The van der Waals surface area contributed by atoms with Crippen molar-refractivity contribution in [3.8, 4) is 0 Å². The summed E-state index contributed by atoms with van der Waals surface area (Å²) in [5, 5.41) is 3.55. The first-order valence-electron chi connectivity index (χ1n) is 7.52. The van der Waals surface area contributed by atoms with Gasteiger partial charge < -0.3 is 10.1 Å². The Morgan fingerprint density at radius 1 is 1.08 bits per heavy atom. The molecule has 0 bridgehead atoms. The average molecular weight is 356 g/mol. The first-order valence-corrected chi connectivity index (χ1v) is 7.90. The van der Waals surface area contributed by atoms with E-state index in [9.17, 15) is 9.59 Å². The first kappa shape index (κ1) is 16.9. The van der Waals surface area contributed by atoms with Crippen molar-refractivity contribution in [1.82, 2.24) is 9.97 Å². The smallest absolute Gasteiger partial charge is 0.341 e. The fraction of sp³-hybridized carbons (Fsp3) is 0.111. The molecule has 0 saturated heterocycles. The third-order valence-corrected chi connectivity index (χ3v) is 3.82. The largest absolute Gasteiger partial charge is 0.449 e. The lowest BCUT2D eigenvalue weighted by atomic mass is 10.1. The minimum atomic E-state index is -1.01. The lowest BCUT2D eigenvalue weighted by Gasteiger charge is -2.14. The molecule has 3 aromatic rings. The molecule has 3 rings (SSSR count). The molecule has 1 aromatic carbocycles. The molecule has 6 nitrogen and oxygen atoms in total. The monoisotopic (exact) mass is 355 g/mol. The highest BCUT2D eigenvalue weighted by Gasteiger charge is 2.21. The maximum absolute atomic E-state index is 12.4. The average Bonchev–Trinajstić information content (AvgIpc) is 2.63. The maximum Gasteiger partial charge on any atom is 0.341 e. The minimum absolute atomic E-state index is 0.160. The number of rotatable bonds is 4. The number of halogens is 1. The number of hydrogen-bond acceptors (Lipinski definition) is 5. The number of aromatic nitrogens is 2. The number of nitrogens with zero attached hydrogens (tertiary/aromatic N) is 2. The van der Waals surface area contributed by atoms with Gasteiger partial charge in [0.1, 0.15) is 0 Å². The molecule has 0 aliphatic rings. The van der Waals surface area contributed by atoms with Gasteiger partial charge in [0.15, 0.2) is 11.3 Å². The molecule has 2 heterocycles. The number of fused-ring (bicyclic) bond motifs is 1. The first-order chi connectivity index (χ1) is 12.1. The van der Waals surface area contributed by atoms with Gasteiger partial charge in [-0.1, -0.05) is 29.8 Å². The van der Waals surface area contributed by atoms with Crippen LogP contribution in [0.2, 0.25) is 5.15 Å². The summed E-state index contributed by atoms with van der Waals surface area (Å²) in [6, 6.07) is 12.1. The topological polar surface area (TPSA) is 81.2 Å². The van der Waals surface area contributed by atoms with E-state index in [1.54, 1.807) is 36.5 Å². The lowest BCUT2D eigenvalue weighted by Crippen LogP contribution is -2.30. The van der Waals surface area contributed by atoms with Crippen LogP contribution in [0.5, 0.6) is 0 Å². The number of benzene rings is 1. The maximum atomic E-state index is 12.4. The van der Waals surface area contributed by atoms with Gasteiger partial charge in [0.05, 0.1) is 16.8 Å². The van der Waals surface area contributed by atoms with Gasteiger partial charge in [-0.2, -0.15) is 0 Å². The second-order valence-electron chi connectivity index (χ2n) is 5.26. The summed E-state index contributed by atoms with van der Waals surface area (Å²) in [5.74, 6) is -1.12. The van der Waals surface area contributed by atoms with Crippen LogP contribution in [0.3, 0.4) is 0 Å². The number of hydrogen-bond donors (Lipinski definition) is 1.